The van der Waals surface area contributed by atoms with Crippen LogP contribution in [0.2, 0.25) is 0 Å². The van der Waals surface area contributed by atoms with E-state index in [0.717, 1.165) is 29.5 Å². The largest absolute Gasteiger partial charge is 0.344 e. The van der Waals surface area contributed by atoms with Crippen molar-refractivity contribution in [1.82, 2.24) is 19.1 Å². The summed E-state index contributed by atoms with van der Waals surface area (Å²) in [5.74, 6) is -0.0935. The van der Waals surface area contributed by atoms with Gasteiger partial charge in [-0.25, -0.2) is 4.68 Å². The van der Waals surface area contributed by atoms with Crippen molar-refractivity contribution >= 4 is 33.0 Å². The highest BCUT2D eigenvalue weighted by molar-refractivity contribution is 7.19. The van der Waals surface area contributed by atoms with E-state index in [2.05, 4.69) is 25.0 Å². The summed E-state index contributed by atoms with van der Waals surface area (Å²) >= 11 is 1.69. The van der Waals surface area contributed by atoms with Crippen LogP contribution in [0.3, 0.4) is 0 Å². The Bertz CT molecular complexity index is 937. The fourth-order valence-electron chi connectivity index (χ4n) is 2.71. The summed E-state index contributed by atoms with van der Waals surface area (Å²) in [5, 5.41) is 4.19. The van der Waals surface area contributed by atoms with Crippen LogP contribution < -0.4 is 5.56 Å². The second-order valence-corrected chi connectivity index (χ2v) is 7.15. The van der Waals surface area contributed by atoms with Gasteiger partial charge in [-0.2, -0.15) is 5.10 Å². The predicted molar refractivity (Wildman–Crippen MR) is 96.8 cm³/mol. The summed E-state index contributed by atoms with van der Waals surface area (Å²) in [4.78, 5) is 27.8. The molecule has 0 saturated heterocycles. The molecule has 3 aromatic rings. The number of hydrogen-bond acceptors (Lipinski definition) is 4. The second kappa shape index (κ2) is 6.76. The Kier molecular flexibility index (Phi) is 4.71. The molecule has 0 spiro atoms. The van der Waals surface area contributed by atoms with Crippen molar-refractivity contribution in [2.24, 2.45) is 0 Å². The molecule has 128 valence electrons. The van der Waals surface area contributed by atoms with Gasteiger partial charge >= 0.3 is 0 Å². The van der Waals surface area contributed by atoms with E-state index in [1.54, 1.807) is 29.6 Å². The normalized spacial score (nSPS) is 11.5. The highest BCUT2D eigenvalue weighted by atomic mass is 32.1. The van der Waals surface area contributed by atoms with Crippen molar-refractivity contribution < 1.29 is 4.79 Å². The van der Waals surface area contributed by atoms with Crippen molar-refractivity contribution in [3.05, 3.63) is 33.7 Å². The number of nitrogens with zero attached hydrogens (tertiary/aromatic N) is 4. The third-order valence-corrected chi connectivity index (χ3v) is 5.46. The van der Waals surface area contributed by atoms with Gasteiger partial charge in [0.1, 0.15) is 18.4 Å². The van der Waals surface area contributed by atoms with Crippen LogP contribution in [0.4, 0.5) is 0 Å². The van der Waals surface area contributed by atoms with Crippen molar-refractivity contribution in [2.75, 3.05) is 13.6 Å². The van der Waals surface area contributed by atoms with Crippen LogP contribution in [0.1, 0.15) is 31.6 Å². The quantitative estimate of drug-likeness (QED) is 0.689. The first-order valence-electron chi connectivity index (χ1n) is 8.28. The van der Waals surface area contributed by atoms with E-state index in [-0.39, 0.29) is 18.0 Å². The number of likely N-dealkylation sites (N-methyl/N-ethyl adjacent to an activating group) is 1. The molecule has 0 atom stereocenters. The molecule has 0 aliphatic rings. The predicted octanol–water partition coefficient (Wildman–Crippen LogP) is 2.53. The van der Waals surface area contributed by atoms with Gasteiger partial charge in [0.05, 0.1) is 10.2 Å². The van der Waals surface area contributed by atoms with Gasteiger partial charge in [-0.1, -0.05) is 20.3 Å². The van der Waals surface area contributed by atoms with E-state index in [9.17, 15) is 9.59 Å². The number of carbonyl (C=O) groups is 1. The van der Waals surface area contributed by atoms with E-state index in [1.165, 1.54) is 9.56 Å². The Morgan fingerprint density at radius 1 is 1.29 bits per heavy atom. The van der Waals surface area contributed by atoms with Gasteiger partial charge in [-0.3, -0.25) is 14.0 Å². The van der Waals surface area contributed by atoms with Crippen molar-refractivity contribution in [1.29, 1.82) is 0 Å². The molecule has 6 nitrogen and oxygen atoms in total. The average Bonchev–Trinajstić information content (AvgIpc) is 3.13. The van der Waals surface area contributed by atoms with E-state index < -0.39 is 0 Å². The Morgan fingerprint density at radius 2 is 2.08 bits per heavy atom. The summed E-state index contributed by atoms with van der Waals surface area (Å²) in [5.41, 5.74) is 1.35. The third-order valence-electron chi connectivity index (χ3n) is 4.24. The maximum absolute atomic E-state index is 12.6. The molecular formula is C17H22N4O2S. The molecule has 0 fully saturated rings. The molecule has 0 bridgehead atoms. The molecule has 7 heteroatoms. The van der Waals surface area contributed by atoms with Crippen LogP contribution in [-0.4, -0.2) is 38.6 Å². The van der Waals surface area contributed by atoms with Gasteiger partial charge in [0.2, 0.25) is 5.91 Å². The zero-order chi connectivity index (χ0) is 17.3. The molecule has 0 radical (unpaired) electrons. The topological polar surface area (TPSA) is 59.6 Å². The molecule has 0 aromatic carbocycles. The van der Waals surface area contributed by atoms with Crippen LogP contribution in [0, 0.1) is 0 Å². The smallest absolute Gasteiger partial charge is 0.291 e. The lowest BCUT2D eigenvalue weighted by molar-refractivity contribution is -0.130. The average molecular weight is 346 g/mol. The standard InChI is InChI=1S/C17H22N4O2S/c1-4-6-7-19(3)16(22)10-21-17(23)14-9-15-13(20(14)11-18-21)8-12(5-2)24-15/h8-9,11H,4-7,10H2,1-3H3. The fourth-order valence-corrected chi connectivity index (χ4v) is 3.74. The number of hydrogen-bond donors (Lipinski definition) is 0. The second-order valence-electron chi connectivity index (χ2n) is 5.98. The van der Waals surface area contributed by atoms with Crippen LogP contribution in [0.5, 0.6) is 0 Å². The summed E-state index contributed by atoms with van der Waals surface area (Å²) in [6.45, 7) is 4.88. The molecule has 24 heavy (non-hydrogen) atoms. The van der Waals surface area contributed by atoms with Crippen LogP contribution >= 0.6 is 11.3 Å². The number of aryl methyl sites for hydroxylation is 1. The number of unbranched alkanes of at least 4 members (excludes halogenated alkanes) is 1. The molecule has 3 heterocycles. The summed E-state index contributed by atoms with van der Waals surface area (Å²) in [6, 6.07) is 3.99. The van der Waals surface area contributed by atoms with Gasteiger partial charge in [0.25, 0.3) is 5.56 Å². The Labute approximate surface area is 144 Å². The molecule has 0 saturated carbocycles. The Hall–Kier alpha value is -2.15. The molecule has 3 aromatic heterocycles. The minimum Gasteiger partial charge on any atom is -0.344 e. The number of amides is 1. The molecule has 0 unspecified atom stereocenters. The number of thiophene rings is 1. The summed E-state index contributed by atoms with van der Waals surface area (Å²) in [7, 11) is 1.76. The lowest BCUT2D eigenvalue weighted by Crippen LogP contribution is -2.35. The number of fused-ring (bicyclic) bond motifs is 3. The highest BCUT2D eigenvalue weighted by Gasteiger charge is 2.15. The van der Waals surface area contributed by atoms with Crippen LogP contribution in [0.15, 0.2) is 23.3 Å². The number of aromatic nitrogens is 3. The van der Waals surface area contributed by atoms with Gasteiger partial charge < -0.3 is 4.90 Å². The Morgan fingerprint density at radius 3 is 2.79 bits per heavy atom. The van der Waals surface area contributed by atoms with E-state index >= 15 is 0 Å². The lowest BCUT2D eigenvalue weighted by Gasteiger charge is -2.16. The first-order valence-corrected chi connectivity index (χ1v) is 9.10. The zero-order valence-electron chi connectivity index (χ0n) is 14.3. The van der Waals surface area contributed by atoms with Crippen molar-refractivity contribution in [3.63, 3.8) is 0 Å². The zero-order valence-corrected chi connectivity index (χ0v) is 15.1. The molecular weight excluding hydrogens is 324 g/mol. The minimum absolute atomic E-state index is 0.0193. The lowest BCUT2D eigenvalue weighted by atomic mass is 10.3. The minimum atomic E-state index is -0.226. The maximum Gasteiger partial charge on any atom is 0.291 e. The number of carbonyl (C=O) groups excluding carboxylic acids is 1. The van der Waals surface area contributed by atoms with Crippen molar-refractivity contribution in [3.8, 4) is 0 Å². The summed E-state index contributed by atoms with van der Waals surface area (Å²) in [6.07, 6.45) is 4.59. The molecule has 0 aliphatic heterocycles. The van der Waals surface area contributed by atoms with Gasteiger partial charge in [-0.15, -0.1) is 11.3 Å². The summed E-state index contributed by atoms with van der Waals surface area (Å²) < 4.78 is 4.15. The first kappa shape index (κ1) is 16.7. The van der Waals surface area contributed by atoms with Crippen LogP contribution in [-0.2, 0) is 17.8 Å². The van der Waals surface area contributed by atoms with E-state index in [1.807, 2.05) is 10.5 Å². The maximum atomic E-state index is 12.6. The van der Waals surface area contributed by atoms with Crippen LogP contribution in [0.25, 0.3) is 15.7 Å². The fraction of sp³-hybridized carbons (Fsp3) is 0.471. The Balaban J connectivity index is 1.91. The van der Waals surface area contributed by atoms with E-state index in [0.29, 0.717) is 12.1 Å². The molecule has 1 amide bonds. The van der Waals surface area contributed by atoms with E-state index in [4.69, 9.17) is 0 Å². The van der Waals surface area contributed by atoms with Gasteiger partial charge in [-0.05, 0) is 25.0 Å². The highest BCUT2D eigenvalue weighted by Crippen LogP contribution is 2.27. The molecule has 3 rings (SSSR count). The monoisotopic (exact) mass is 346 g/mol. The van der Waals surface area contributed by atoms with Gasteiger partial charge in [0, 0.05) is 18.5 Å². The third kappa shape index (κ3) is 2.96. The first-order chi connectivity index (χ1) is 11.5. The molecule has 0 aliphatic carbocycles. The van der Waals surface area contributed by atoms with Crippen molar-refractivity contribution in [2.45, 2.75) is 39.7 Å². The number of rotatable bonds is 6. The molecule has 0 N–H and O–H groups in total. The SMILES string of the molecule is CCCCN(C)C(=O)Cn1ncn2c(cc3sc(CC)cc32)c1=O. The van der Waals surface area contributed by atoms with Gasteiger partial charge in [0.15, 0.2) is 0 Å².